The number of nitrogens with two attached hydrogens (primary N) is 1. The maximum Gasteiger partial charge on any atom is 0.0980 e. The van der Waals surface area contributed by atoms with E-state index in [0.29, 0.717) is 5.69 Å². The molecule has 70 valence electrons. The van der Waals surface area contributed by atoms with E-state index in [0.717, 1.165) is 16.8 Å². The van der Waals surface area contributed by atoms with Gasteiger partial charge in [-0.3, -0.25) is 4.98 Å². The number of anilines is 1. The van der Waals surface area contributed by atoms with Gasteiger partial charge in [0.15, 0.2) is 0 Å². The number of aromatic nitrogens is 3. The Morgan fingerprint density at radius 2 is 2.07 bits per heavy atom. The fraction of sp³-hybridized carbons (Fsp3) is 0.100. The highest BCUT2D eigenvalue weighted by atomic mass is 15.1. The van der Waals surface area contributed by atoms with Crippen LogP contribution in [-0.4, -0.2) is 15.2 Å². The van der Waals surface area contributed by atoms with E-state index < -0.39 is 0 Å². The van der Waals surface area contributed by atoms with E-state index >= 15 is 0 Å². The molecule has 2 N–H and O–H groups in total. The standard InChI is InChI=1S/C10H10N4/c1-7-2-5-13-14-10(7)8-3-4-12-6-9(8)11/h2-6H,11H2,1H3. The molecule has 2 heterocycles. The molecule has 0 saturated heterocycles. The van der Waals surface area contributed by atoms with Crippen molar-refractivity contribution in [2.24, 2.45) is 0 Å². The summed E-state index contributed by atoms with van der Waals surface area (Å²) in [6.07, 6.45) is 4.97. The van der Waals surface area contributed by atoms with Crippen molar-refractivity contribution in [3.63, 3.8) is 0 Å². The Hall–Kier alpha value is -1.97. The Kier molecular flexibility index (Phi) is 2.10. The van der Waals surface area contributed by atoms with Crippen molar-refractivity contribution in [2.45, 2.75) is 6.92 Å². The molecule has 0 aliphatic heterocycles. The van der Waals surface area contributed by atoms with Gasteiger partial charge in [-0.15, -0.1) is 0 Å². The summed E-state index contributed by atoms with van der Waals surface area (Å²) in [5.74, 6) is 0. The molecule has 0 aliphatic carbocycles. The summed E-state index contributed by atoms with van der Waals surface area (Å²) in [5, 5.41) is 7.89. The predicted molar refractivity (Wildman–Crippen MR) is 54.4 cm³/mol. The summed E-state index contributed by atoms with van der Waals surface area (Å²) < 4.78 is 0. The highest BCUT2D eigenvalue weighted by Crippen LogP contribution is 2.24. The van der Waals surface area contributed by atoms with Gasteiger partial charge in [0.1, 0.15) is 0 Å². The molecule has 0 spiro atoms. The van der Waals surface area contributed by atoms with Crippen LogP contribution in [0.3, 0.4) is 0 Å². The summed E-state index contributed by atoms with van der Waals surface area (Å²) in [7, 11) is 0. The first-order chi connectivity index (χ1) is 6.79. The molecule has 0 bridgehead atoms. The van der Waals surface area contributed by atoms with E-state index in [1.807, 2.05) is 19.1 Å². The number of aryl methyl sites for hydroxylation is 1. The van der Waals surface area contributed by atoms with Gasteiger partial charge in [-0.05, 0) is 24.6 Å². The monoisotopic (exact) mass is 186 g/mol. The first-order valence-corrected chi connectivity index (χ1v) is 4.27. The van der Waals surface area contributed by atoms with Crippen molar-refractivity contribution in [3.05, 3.63) is 36.3 Å². The van der Waals surface area contributed by atoms with Crippen molar-refractivity contribution in [1.82, 2.24) is 15.2 Å². The molecule has 0 atom stereocenters. The minimum absolute atomic E-state index is 0.621. The van der Waals surface area contributed by atoms with E-state index in [-0.39, 0.29) is 0 Å². The zero-order valence-corrected chi connectivity index (χ0v) is 7.81. The molecule has 0 saturated carbocycles. The van der Waals surface area contributed by atoms with Crippen LogP contribution in [0.5, 0.6) is 0 Å². The molecule has 2 aromatic heterocycles. The van der Waals surface area contributed by atoms with Gasteiger partial charge in [-0.1, -0.05) is 0 Å². The van der Waals surface area contributed by atoms with Crippen molar-refractivity contribution >= 4 is 5.69 Å². The fourth-order valence-electron chi connectivity index (χ4n) is 1.28. The molecular weight excluding hydrogens is 176 g/mol. The fourth-order valence-corrected chi connectivity index (χ4v) is 1.28. The van der Waals surface area contributed by atoms with Crippen molar-refractivity contribution in [2.75, 3.05) is 5.73 Å². The zero-order valence-electron chi connectivity index (χ0n) is 7.81. The molecule has 0 amide bonds. The van der Waals surface area contributed by atoms with Gasteiger partial charge in [0.25, 0.3) is 0 Å². The minimum atomic E-state index is 0.621. The molecule has 0 aliphatic rings. The molecule has 4 heteroatoms. The lowest BCUT2D eigenvalue weighted by Gasteiger charge is -2.05. The third-order valence-corrected chi connectivity index (χ3v) is 2.03. The Morgan fingerprint density at radius 3 is 2.79 bits per heavy atom. The number of nitrogen functional groups attached to an aromatic ring is 1. The van der Waals surface area contributed by atoms with Crippen LogP contribution < -0.4 is 5.73 Å². The zero-order chi connectivity index (χ0) is 9.97. The van der Waals surface area contributed by atoms with Crippen LogP contribution in [-0.2, 0) is 0 Å². The normalized spacial score (nSPS) is 10.1. The van der Waals surface area contributed by atoms with Crippen LogP contribution in [0.1, 0.15) is 5.56 Å². The molecule has 4 nitrogen and oxygen atoms in total. The van der Waals surface area contributed by atoms with Gasteiger partial charge in [0.05, 0.1) is 17.6 Å². The smallest absolute Gasteiger partial charge is 0.0980 e. The van der Waals surface area contributed by atoms with Gasteiger partial charge < -0.3 is 5.73 Å². The summed E-state index contributed by atoms with van der Waals surface area (Å²) in [4.78, 5) is 3.93. The van der Waals surface area contributed by atoms with Gasteiger partial charge >= 0.3 is 0 Å². The predicted octanol–water partition coefficient (Wildman–Crippen LogP) is 1.43. The largest absolute Gasteiger partial charge is 0.397 e. The minimum Gasteiger partial charge on any atom is -0.397 e. The second-order valence-electron chi connectivity index (χ2n) is 3.03. The second-order valence-corrected chi connectivity index (χ2v) is 3.03. The maximum atomic E-state index is 5.79. The Morgan fingerprint density at radius 1 is 1.21 bits per heavy atom. The van der Waals surface area contributed by atoms with E-state index in [1.165, 1.54) is 0 Å². The van der Waals surface area contributed by atoms with Crippen LogP contribution in [0, 0.1) is 6.92 Å². The Bertz CT molecular complexity index is 410. The van der Waals surface area contributed by atoms with Crippen molar-refractivity contribution < 1.29 is 0 Å². The van der Waals surface area contributed by atoms with Crippen LogP contribution in [0.2, 0.25) is 0 Å². The molecule has 0 radical (unpaired) electrons. The van der Waals surface area contributed by atoms with Gasteiger partial charge in [-0.2, -0.15) is 10.2 Å². The van der Waals surface area contributed by atoms with Gasteiger partial charge in [0.2, 0.25) is 0 Å². The summed E-state index contributed by atoms with van der Waals surface area (Å²) in [5.41, 5.74) is 9.16. The molecule has 14 heavy (non-hydrogen) atoms. The molecule has 0 unspecified atom stereocenters. The van der Waals surface area contributed by atoms with E-state index in [1.54, 1.807) is 18.6 Å². The molecule has 2 rings (SSSR count). The van der Waals surface area contributed by atoms with Crippen LogP contribution in [0.15, 0.2) is 30.7 Å². The molecule has 2 aromatic rings. The van der Waals surface area contributed by atoms with Crippen LogP contribution in [0.25, 0.3) is 11.3 Å². The highest BCUT2D eigenvalue weighted by Gasteiger charge is 2.06. The number of rotatable bonds is 1. The lowest BCUT2D eigenvalue weighted by molar-refractivity contribution is 1.02. The van der Waals surface area contributed by atoms with E-state index in [2.05, 4.69) is 15.2 Å². The summed E-state index contributed by atoms with van der Waals surface area (Å²) in [6, 6.07) is 3.74. The lowest BCUT2D eigenvalue weighted by atomic mass is 10.1. The number of hydrogen-bond acceptors (Lipinski definition) is 4. The average Bonchev–Trinajstić information content (AvgIpc) is 2.20. The number of hydrogen-bond donors (Lipinski definition) is 1. The van der Waals surface area contributed by atoms with E-state index in [9.17, 15) is 0 Å². The third-order valence-electron chi connectivity index (χ3n) is 2.03. The first kappa shape index (κ1) is 8.62. The molecule has 0 aromatic carbocycles. The first-order valence-electron chi connectivity index (χ1n) is 4.27. The van der Waals surface area contributed by atoms with Crippen LogP contribution >= 0.6 is 0 Å². The maximum absolute atomic E-state index is 5.79. The van der Waals surface area contributed by atoms with Crippen molar-refractivity contribution in [3.8, 4) is 11.3 Å². The van der Waals surface area contributed by atoms with Gasteiger partial charge in [0, 0.05) is 18.0 Å². The lowest BCUT2D eigenvalue weighted by Crippen LogP contribution is -1.96. The van der Waals surface area contributed by atoms with Crippen LogP contribution in [0.4, 0.5) is 5.69 Å². The second kappa shape index (κ2) is 3.41. The SMILES string of the molecule is Cc1ccnnc1-c1ccncc1N. The Labute approximate surface area is 81.8 Å². The topological polar surface area (TPSA) is 64.7 Å². The quantitative estimate of drug-likeness (QED) is 0.731. The van der Waals surface area contributed by atoms with Crippen molar-refractivity contribution in [1.29, 1.82) is 0 Å². The average molecular weight is 186 g/mol. The Balaban J connectivity index is 2.61. The molecular formula is C10H10N4. The summed E-state index contributed by atoms with van der Waals surface area (Å²) >= 11 is 0. The van der Waals surface area contributed by atoms with Gasteiger partial charge in [-0.25, -0.2) is 0 Å². The highest BCUT2D eigenvalue weighted by molar-refractivity contribution is 5.74. The number of nitrogens with zero attached hydrogens (tertiary/aromatic N) is 3. The van der Waals surface area contributed by atoms with E-state index in [4.69, 9.17) is 5.73 Å². The molecule has 0 fully saturated rings. The summed E-state index contributed by atoms with van der Waals surface area (Å²) in [6.45, 7) is 1.98. The third kappa shape index (κ3) is 1.42. The number of pyridine rings is 1.